The van der Waals surface area contributed by atoms with Crippen LogP contribution < -0.4 is 11.0 Å². The molecule has 1 unspecified atom stereocenters. The molecule has 1 saturated heterocycles. The summed E-state index contributed by atoms with van der Waals surface area (Å²) in [6.07, 6.45) is 2.44. The Hall–Kier alpha value is -2.93. The van der Waals surface area contributed by atoms with Crippen molar-refractivity contribution in [1.82, 2.24) is 19.4 Å². The van der Waals surface area contributed by atoms with Crippen molar-refractivity contribution in [1.29, 1.82) is 0 Å². The Morgan fingerprint density at radius 3 is 2.82 bits per heavy atom. The van der Waals surface area contributed by atoms with Crippen molar-refractivity contribution in [2.24, 2.45) is 5.92 Å². The first-order valence-electron chi connectivity index (χ1n) is 9.58. The topological polar surface area (TPSA) is 78.2 Å². The molecule has 0 saturated carbocycles. The van der Waals surface area contributed by atoms with Crippen LogP contribution in [0.1, 0.15) is 17.5 Å². The number of amides is 1. The van der Waals surface area contributed by atoms with Gasteiger partial charge in [-0.05, 0) is 31.0 Å². The first kappa shape index (κ1) is 18.4. The highest BCUT2D eigenvalue weighted by atomic mass is 16.5. The van der Waals surface area contributed by atoms with Crippen molar-refractivity contribution in [2.45, 2.75) is 26.4 Å². The van der Waals surface area contributed by atoms with Crippen LogP contribution in [-0.4, -0.2) is 39.8 Å². The molecule has 1 aromatic carbocycles. The Labute approximate surface area is 163 Å². The molecule has 1 aliphatic heterocycles. The summed E-state index contributed by atoms with van der Waals surface area (Å²) in [5.41, 5.74) is 3.56. The van der Waals surface area contributed by atoms with Crippen molar-refractivity contribution < 1.29 is 9.53 Å². The molecule has 3 heterocycles. The van der Waals surface area contributed by atoms with Crippen LogP contribution in [0.2, 0.25) is 0 Å². The molecule has 1 fully saturated rings. The van der Waals surface area contributed by atoms with Gasteiger partial charge >= 0.3 is 5.69 Å². The molecule has 0 aliphatic carbocycles. The summed E-state index contributed by atoms with van der Waals surface area (Å²) in [5.74, 6) is -0.0976. The first-order chi connectivity index (χ1) is 13.6. The minimum Gasteiger partial charge on any atom is -0.381 e. The Balaban J connectivity index is 1.54. The molecule has 1 atom stereocenters. The van der Waals surface area contributed by atoms with E-state index in [9.17, 15) is 9.59 Å². The molecule has 28 heavy (non-hydrogen) atoms. The third kappa shape index (κ3) is 3.71. The van der Waals surface area contributed by atoms with E-state index in [0.717, 1.165) is 17.5 Å². The van der Waals surface area contributed by atoms with Gasteiger partial charge in [-0.15, -0.1) is 0 Å². The van der Waals surface area contributed by atoms with Crippen LogP contribution in [0.3, 0.4) is 0 Å². The second-order valence-electron chi connectivity index (χ2n) is 7.20. The van der Waals surface area contributed by atoms with Gasteiger partial charge in [0, 0.05) is 25.9 Å². The third-order valence-electron chi connectivity index (χ3n) is 5.17. The van der Waals surface area contributed by atoms with Crippen LogP contribution in [0.25, 0.3) is 11.2 Å². The summed E-state index contributed by atoms with van der Waals surface area (Å²) in [7, 11) is 0. The van der Waals surface area contributed by atoms with Crippen molar-refractivity contribution in [3.63, 3.8) is 0 Å². The number of hydrogen-bond donors (Lipinski definition) is 1. The summed E-state index contributed by atoms with van der Waals surface area (Å²) >= 11 is 0. The molecule has 4 rings (SSSR count). The Kier molecular flexibility index (Phi) is 5.25. The predicted octanol–water partition coefficient (Wildman–Crippen LogP) is 1.71. The summed E-state index contributed by atoms with van der Waals surface area (Å²) in [5, 5.41) is 2.91. The number of rotatable bonds is 6. The van der Waals surface area contributed by atoms with Gasteiger partial charge in [-0.3, -0.25) is 13.9 Å². The van der Waals surface area contributed by atoms with E-state index in [1.807, 2.05) is 43.3 Å². The lowest BCUT2D eigenvalue weighted by atomic mass is 10.1. The Morgan fingerprint density at radius 1 is 1.25 bits per heavy atom. The fourth-order valence-electron chi connectivity index (χ4n) is 3.55. The van der Waals surface area contributed by atoms with E-state index in [0.29, 0.717) is 38.5 Å². The minimum absolute atomic E-state index is 0.0121. The molecule has 146 valence electrons. The average molecular weight is 380 g/mol. The highest BCUT2D eigenvalue weighted by Crippen LogP contribution is 2.14. The number of fused-ring (bicyclic) bond motifs is 1. The number of imidazole rings is 1. The van der Waals surface area contributed by atoms with Crippen LogP contribution in [0.15, 0.2) is 47.4 Å². The van der Waals surface area contributed by atoms with Gasteiger partial charge in [0.25, 0.3) is 0 Å². The highest BCUT2D eigenvalue weighted by molar-refractivity contribution is 5.79. The highest BCUT2D eigenvalue weighted by Gasteiger charge is 2.23. The molecule has 1 aliphatic rings. The zero-order valence-electron chi connectivity index (χ0n) is 15.9. The molecule has 2 aromatic heterocycles. The van der Waals surface area contributed by atoms with Gasteiger partial charge in [-0.1, -0.05) is 29.8 Å². The number of aryl methyl sites for hydroxylation is 1. The number of pyridine rings is 1. The molecule has 1 amide bonds. The van der Waals surface area contributed by atoms with Crippen molar-refractivity contribution in [2.75, 3.05) is 19.8 Å². The summed E-state index contributed by atoms with van der Waals surface area (Å²) in [4.78, 5) is 29.6. The maximum atomic E-state index is 13.0. The van der Waals surface area contributed by atoms with E-state index < -0.39 is 0 Å². The molecule has 0 spiro atoms. The van der Waals surface area contributed by atoms with Gasteiger partial charge < -0.3 is 10.1 Å². The van der Waals surface area contributed by atoms with E-state index in [1.54, 1.807) is 15.3 Å². The number of ether oxygens (including phenoxy) is 1. The second kappa shape index (κ2) is 7.98. The van der Waals surface area contributed by atoms with Gasteiger partial charge in [-0.2, -0.15) is 0 Å². The lowest BCUT2D eigenvalue weighted by molar-refractivity contribution is -0.124. The monoisotopic (exact) mass is 380 g/mol. The van der Waals surface area contributed by atoms with Crippen LogP contribution >= 0.6 is 0 Å². The van der Waals surface area contributed by atoms with Crippen LogP contribution in [0.4, 0.5) is 0 Å². The van der Waals surface area contributed by atoms with E-state index >= 15 is 0 Å². The number of carbonyl (C=O) groups is 1. The average Bonchev–Trinajstić information content (AvgIpc) is 3.33. The normalized spacial score (nSPS) is 16.5. The van der Waals surface area contributed by atoms with Gasteiger partial charge in [0.2, 0.25) is 5.91 Å². The fraction of sp³-hybridized carbons (Fsp3) is 0.381. The number of carbonyl (C=O) groups excluding carboxylic acids is 1. The van der Waals surface area contributed by atoms with Gasteiger partial charge in [0.05, 0.1) is 24.6 Å². The third-order valence-corrected chi connectivity index (χ3v) is 5.17. The molecule has 0 radical (unpaired) electrons. The lowest BCUT2D eigenvalue weighted by Gasteiger charge is -2.09. The quantitative estimate of drug-likeness (QED) is 0.706. The van der Waals surface area contributed by atoms with E-state index in [1.165, 1.54) is 5.56 Å². The zero-order chi connectivity index (χ0) is 19.5. The molecular weight excluding hydrogens is 356 g/mol. The molecule has 3 aromatic rings. The molecule has 7 heteroatoms. The largest absolute Gasteiger partial charge is 0.381 e. The number of aromatic nitrogens is 3. The first-order valence-corrected chi connectivity index (χ1v) is 9.58. The zero-order valence-corrected chi connectivity index (χ0v) is 15.9. The van der Waals surface area contributed by atoms with E-state index in [-0.39, 0.29) is 17.5 Å². The maximum absolute atomic E-state index is 13.0. The van der Waals surface area contributed by atoms with Crippen LogP contribution in [-0.2, 0) is 22.6 Å². The maximum Gasteiger partial charge on any atom is 0.330 e. The minimum atomic E-state index is -0.118. The predicted molar refractivity (Wildman–Crippen MR) is 106 cm³/mol. The van der Waals surface area contributed by atoms with Crippen LogP contribution in [0, 0.1) is 12.8 Å². The number of nitrogens with one attached hydrogen (secondary N) is 1. The number of nitrogens with zero attached hydrogens (tertiary/aromatic N) is 3. The van der Waals surface area contributed by atoms with E-state index in [4.69, 9.17) is 4.74 Å². The fourth-order valence-corrected chi connectivity index (χ4v) is 3.55. The SMILES string of the molecule is Cc1ccc(Cn2c(=O)n(CCNC(=O)C3CCOC3)c3ncccc32)cc1. The molecule has 7 nitrogen and oxygen atoms in total. The smallest absolute Gasteiger partial charge is 0.330 e. The van der Waals surface area contributed by atoms with Crippen LogP contribution in [0.5, 0.6) is 0 Å². The Bertz CT molecular complexity index is 1030. The number of hydrogen-bond acceptors (Lipinski definition) is 4. The summed E-state index contributed by atoms with van der Waals surface area (Å²) in [6, 6.07) is 11.9. The summed E-state index contributed by atoms with van der Waals surface area (Å²) < 4.78 is 8.63. The Morgan fingerprint density at radius 2 is 2.07 bits per heavy atom. The standard InChI is InChI=1S/C21H24N4O3/c1-15-4-6-16(7-5-15)13-25-18-3-2-9-22-19(18)24(21(25)27)11-10-23-20(26)17-8-12-28-14-17/h2-7,9,17H,8,10-14H2,1H3,(H,23,26). The second-order valence-corrected chi connectivity index (χ2v) is 7.20. The molecule has 1 N–H and O–H groups in total. The van der Waals surface area contributed by atoms with E-state index in [2.05, 4.69) is 10.3 Å². The molecule has 0 bridgehead atoms. The van der Waals surface area contributed by atoms with Crippen molar-refractivity contribution >= 4 is 17.1 Å². The van der Waals surface area contributed by atoms with Gasteiger partial charge in [0.15, 0.2) is 5.65 Å². The lowest BCUT2D eigenvalue weighted by Crippen LogP contribution is -2.35. The molecular formula is C21H24N4O3. The summed E-state index contributed by atoms with van der Waals surface area (Å²) in [6.45, 7) is 4.40. The van der Waals surface area contributed by atoms with Crippen molar-refractivity contribution in [3.8, 4) is 0 Å². The van der Waals surface area contributed by atoms with Gasteiger partial charge in [0.1, 0.15) is 0 Å². The number of benzene rings is 1. The van der Waals surface area contributed by atoms with Crippen molar-refractivity contribution in [3.05, 3.63) is 64.2 Å². The van der Waals surface area contributed by atoms with Gasteiger partial charge in [-0.25, -0.2) is 9.78 Å².